The Bertz CT molecular complexity index is 207. The molecule has 1 aliphatic heterocycles. The van der Waals surface area contributed by atoms with Crippen molar-refractivity contribution in [1.29, 1.82) is 0 Å². The van der Waals surface area contributed by atoms with Crippen molar-refractivity contribution in [2.24, 2.45) is 17.1 Å². The molecule has 0 bridgehead atoms. The van der Waals surface area contributed by atoms with Crippen molar-refractivity contribution >= 4 is 0 Å². The smallest absolute Gasteiger partial charge is 0.0252 e. The van der Waals surface area contributed by atoms with E-state index in [-0.39, 0.29) is 5.54 Å². The van der Waals surface area contributed by atoms with Crippen LogP contribution in [0.15, 0.2) is 0 Å². The zero-order valence-electron chi connectivity index (χ0n) is 11.8. The Morgan fingerprint density at radius 3 is 2.00 bits per heavy atom. The minimum atomic E-state index is -0.00539. The van der Waals surface area contributed by atoms with E-state index >= 15 is 0 Å². The lowest BCUT2D eigenvalue weighted by atomic mass is 9.75. The van der Waals surface area contributed by atoms with Crippen molar-refractivity contribution in [2.45, 2.75) is 59.4 Å². The van der Waals surface area contributed by atoms with Gasteiger partial charge in [-0.25, -0.2) is 0 Å². The normalized spacial score (nSPS) is 24.4. The molecule has 96 valence electrons. The maximum absolute atomic E-state index is 6.23. The van der Waals surface area contributed by atoms with E-state index in [1.165, 1.54) is 25.9 Å². The van der Waals surface area contributed by atoms with E-state index in [2.05, 4.69) is 39.5 Å². The van der Waals surface area contributed by atoms with Crippen molar-refractivity contribution in [1.82, 2.24) is 4.90 Å². The van der Waals surface area contributed by atoms with Gasteiger partial charge in [-0.2, -0.15) is 0 Å². The van der Waals surface area contributed by atoms with Crippen molar-refractivity contribution in [3.05, 3.63) is 0 Å². The highest BCUT2D eigenvalue weighted by atomic mass is 15.1. The van der Waals surface area contributed by atoms with Crippen LogP contribution in [-0.4, -0.2) is 30.1 Å². The minimum absolute atomic E-state index is 0.00539. The van der Waals surface area contributed by atoms with Crippen LogP contribution in [-0.2, 0) is 0 Å². The molecule has 0 saturated carbocycles. The molecular weight excluding hydrogens is 196 g/mol. The third-order valence-electron chi connectivity index (χ3n) is 4.20. The molecule has 2 N–H and O–H groups in total. The van der Waals surface area contributed by atoms with Gasteiger partial charge >= 0.3 is 0 Å². The fourth-order valence-corrected chi connectivity index (χ4v) is 2.58. The molecule has 0 aromatic carbocycles. The van der Waals surface area contributed by atoms with E-state index in [1.807, 2.05) is 0 Å². The molecular formula is C14H30N2. The van der Waals surface area contributed by atoms with Gasteiger partial charge in [-0.05, 0) is 50.6 Å². The Kier molecular flexibility index (Phi) is 4.42. The number of hydrogen-bond acceptors (Lipinski definition) is 2. The van der Waals surface area contributed by atoms with Crippen LogP contribution in [0.2, 0.25) is 0 Å². The summed E-state index contributed by atoms with van der Waals surface area (Å²) >= 11 is 0. The first-order valence-electron chi connectivity index (χ1n) is 6.76. The minimum Gasteiger partial charge on any atom is -0.324 e. The van der Waals surface area contributed by atoms with Gasteiger partial charge in [0.2, 0.25) is 0 Å². The Balaban J connectivity index is 2.38. The number of hydrogen-bond donors (Lipinski definition) is 1. The van der Waals surface area contributed by atoms with Crippen LogP contribution < -0.4 is 5.73 Å². The van der Waals surface area contributed by atoms with Gasteiger partial charge in [0.05, 0.1) is 0 Å². The molecule has 0 aliphatic carbocycles. The highest BCUT2D eigenvalue weighted by Crippen LogP contribution is 2.34. The van der Waals surface area contributed by atoms with Gasteiger partial charge in [-0.3, -0.25) is 0 Å². The number of piperidine rings is 1. The first-order chi connectivity index (χ1) is 7.24. The molecule has 0 amide bonds. The third-order valence-corrected chi connectivity index (χ3v) is 4.20. The molecule has 2 nitrogen and oxygen atoms in total. The fourth-order valence-electron chi connectivity index (χ4n) is 2.58. The molecule has 1 aliphatic rings. The lowest BCUT2D eigenvalue weighted by Gasteiger charge is -2.41. The second-order valence-electron chi connectivity index (χ2n) is 6.92. The van der Waals surface area contributed by atoms with Crippen molar-refractivity contribution in [3.8, 4) is 0 Å². The summed E-state index contributed by atoms with van der Waals surface area (Å²) < 4.78 is 0. The van der Waals surface area contributed by atoms with Gasteiger partial charge in [-0.1, -0.05) is 27.7 Å². The summed E-state index contributed by atoms with van der Waals surface area (Å²) in [5, 5.41) is 0. The summed E-state index contributed by atoms with van der Waals surface area (Å²) in [5.74, 6) is 0.884. The summed E-state index contributed by atoms with van der Waals surface area (Å²) in [6.07, 6.45) is 3.73. The van der Waals surface area contributed by atoms with E-state index in [4.69, 9.17) is 5.73 Å². The second-order valence-corrected chi connectivity index (χ2v) is 6.92. The molecule has 1 rings (SSSR count). The molecule has 16 heavy (non-hydrogen) atoms. The quantitative estimate of drug-likeness (QED) is 0.802. The van der Waals surface area contributed by atoms with E-state index in [1.54, 1.807) is 0 Å². The Hall–Kier alpha value is -0.0800. The van der Waals surface area contributed by atoms with Gasteiger partial charge in [0.25, 0.3) is 0 Å². The Morgan fingerprint density at radius 2 is 1.62 bits per heavy atom. The van der Waals surface area contributed by atoms with Gasteiger partial charge < -0.3 is 10.6 Å². The molecule has 1 unspecified atom stereocenters. The van der Waals surface area contributed by atoms with Gasteiger partial charge in [-0.15, -0.1) is 0 Å². The van der Waals surface area contributed by atoms with Crippen LogP contribution >= 0.6 is 0 Å². The van der Waals surface area contributed by atoms with E-state index in [9.17, 15) is 0 Å². The molecule has 1 fully saturated rings. The second kappa shape index (κ2) is 5.05. The predicted molar refractivity (Wildman–Crippen MR) is 71.5 cm³/mol. The zero-order chi connectivity index (χ0) is 12.4. The molecule has 0 aromatic rings. The number of likely N-dealkylation sites (tertiary alicyclic amines) is 1. The van der Waals surface area contributed by atoms with E-state index in [0.717, 1.165) is 18.9 Å². The van der Waals surface area contributed by atoms with Crippen molar-refractivity contribution in [3.63, 3.8) is 0 Å². The average Bonchev–Trinajstić information content (AvgIpc) is 2.16. The zero-order valence-corrected chi connectivity index (χ0v) is 11.8. The fraction of sp³-hybridized carbons (Fsp3) is 1.00. The Morgan fingerprint density at radius 1 is 1.12 bits per heavy atom. The molecule has 2 heteroatoms. The molecule has 0 spiro atoms. The highest BCUT2D eigenvalue weighted by Gasteiger charge is 2.30. The Labute approximate surface area is 102 Å². The third kappa shape index (κ3) is 4.06. The largest absolute Gasteiger partial charge is 0.324 e. The molecule has 1 saturated heterocycles. The summed E-state index contributed by atoms with van der Waals surface area (Å²) in [7, 11) is 0. The van der Waals surface area contributed by atoms with Crippen molar-refractivity contribution in [2.75, 3.05) is 19.6 Å². The summed E-state index contributed by atoms with van der Waals surface area (Å²) in [6, 6.07) is 0. The van der Waals surface area contributed by atoms with Gasteiger partial charge in [0.15, 0.2) is 0 Å². The molecule has 0 radical (unpaired) electrons. The van der Waals surface area contributed by atoms with Gasteiger partial charge in [0, 0.05) is 12.1 Å². The first-order valence-corrected chi connectivity index (χ1v) is 6.76. The number of rotatable bonds is 3. The molecule has 1 heterocycles. The lowest BCUT2D eigenvalue weighted by molar-refractivity contribution is 0.0969. The van der Waals surface area contributed by atoms with Crippen LogP contribution in [0.3, 0.4) is 0 Å². The number of nitrogens with two attached hydrogens (primary N) is 1. The maximum atomic E-state index is 6.23. The van der Waals surface area contributed by atoms with Gasteiger partial charge in [0.1, 0.15) is 0 Å². The predicted octanol–water partition coefficient (Wildman–Crippen LogP) is 2.87. The summed E-state index contributed by atoms with van der Waals surface area (Å²) in [6.45, 7) is 15.0. The van der Waals surface area contributed by atoms with Crippen LogP contribution in [0.5, 0.6) is 0 Å². The lowest BCUT2D eigenvalue weighted by Crippen LogP contribution is -2.50. The van der Waals surface area contributed by atoms with Crippen LogP contribution in [0.4, 0.5) is 0 Å². The number of nitrogens with zero attached hydrogens (tertiary/aromatic N) is 1. The molecule has 0 aromatic heterocycles. The maximum Gasteiger partial charge on any atom is 0.0252 e. The topological polar surface area (TPSA) is 29.3 Å². The first kappa shape index (κ1) is 14.0. The molecule has 1 atom stereocenters. The SMILES string of the molecule is CCC(C)(N)CN1CCC(C(C)(C)C)CC1. The van der Waals surface area contributed by atoms with Crippen LogP contribution in [0.1, 0.15) is 53.9 Å². The average molecular weight is 226 g/mol. The van der Waals surface area contributed by atoms with E-state index < -0.39 is 0 Å². The summed E-state index contributed by atoms with van der Waals surface area (Å²) in [5.41, 5.74) is 6.70. The summed E-state index contributed by atoms with van der Waals surface area (Å²) in [4.78, 5) is 2.55. The standard InChI is InChI=1S/C14H30N2/c1-6-14(5,15)11-16-9-7-12(8-10-16)13(2,3)4/h12H,6-11,15H2,1-5H3. The monoisotopic (exact) mass is 226 g/mol. The van der Waals surface area contributed by atoms with Crippen molar-refractivity contribution < 1.29 is 0 Å². The highest BCUT2D eigenvalue weighted by molar-refractivity contribution is 4.86. The van der Waals surface area contributed by atoms with E-state index in [0.29, 0.717) is 5.41 Å². The van der Waals surface area contributed by atoms with Crippen LogP contribution in [0.25, 0.3) is 0 Å². The van der Waals surface area contributed by atoms with Crippen LogP contribution in [0, 0.1) is 11.3 Å².